The van der Waals surface area contributed by atoms with Crippen molar-refractivity contribution in [2.45, 2.75) is 64.8 Å². The fraction of sp³-hybridized carbons (Fsp3) is 0.857. The minimum absolute atomic E-state index is 0.132. The average Bonchev–Trinajstić information content (AvgIpc) is 2.53. The molecule has 0 spiro atoms. The van der Waals surface area contributed by atoms with Crippen LogP contribution in [0, 0.1) is 17.2 Å². The van der Waals surface area contributed by atoms with Gasteiger partial charge in [-0.05, 0) is 32.6 Å². The lowest BCUT2D eigenvalue weighted by molar-refractivity contribution is -0.133. The minimum atomic E-state index is 0.132. The van der Waals surface area contributed by atoms with Crippen molar-refractivity contribution in [1.82, 2.24) is 4.90 Å². The molecule has 0 unspecified atom stereocenters. The number of hydrogen-bond acceptors (Lipinski definition) is 2. The fourth-order valence-corrected chi connectivity index (χ4v) is 2.57. The molecule has 0 heterocycles. The van der Waals surface area contributed by atoms with Gasteiger partial charge in [0.1, 0.15) is 6.54 Å². The number of carbonyl (C=O) groups excluding carboxylic acids is 1. The molecule has 0 aromatic carbocycles. The Labute approximate surface area is 105 Å². The Bertz CT molecular complexity index is 272. The highest BCUT2D eigenvalue weighted by Gasteiger charge is 2.21. The van der Waals surface area contributed by atoms with E-state index in [0.29, 0.717) is 12.3 Å². The number of hydrogen-bond donors (Lipinski definition) is 0. The molecule has 1 amide bonds. The molecular formula is C14H24N2O. The molecule has 0 radical (unpaired) electrons. The van der Waals surface area contributed by atoms with Crippen molar-refractivity contribution in [3.8, 4) is 6.07 Å². The van der Waals surface area contributed by atoms with Crippen molar-refractivity contribution in [1.29, 1.82) is 5.26 Å². The van der Waals surface area contributed by atoms with Gasteiger partial charge >= 0.3 is 0 Å². The van der Waals surface area contributed by atoms with Gasteiger partial charge in [0, 0.05) is 12.5 Å². The van der Waals surface area contributed by atoms with Gasteiger partial charge in [0.25, 0.3) is 0 Å². The SMILES string of the molecule is CC(C)N(CC#N)C(=O)CC1CCCCCC1. The third kappa shape index (κ3) is 4.77. The monoisotopic (exact) mass is 236 g/mol. The second-order valence-corrected chi connectivity index (χ2v) is 5.34. The van der Waals surface area contributed by atoms with Crippen molar-refractivity contribution in [3.05, 3.63) is 0 Å². The van der Waals surface area contributed by atoms with Crippen molar-refractivity contribution in [2.75, 3.05) is 6.54 Å². The van der Waals surface area contributed by atoms with E-state index in [1.807, 2.05) is 13.8 Å². The maximum atomic E-state index is 12.1. The lowest BCUT2D eigenvalue weighted by Crippen LogP contribution is -2.38. The van der Waals surface area contributed by atoms with Gasteiger partial charge < -0.3 is 4.90 Å². The molecule has 0 aliphatic heterocycles. The van der Waals surface area contributed by atoms with Crippen LogP contribution in [0.25, 0.3) is 0 Å². The molecule has 17 heavy (non-hydrogen) atoms. The molecule has 0 aromatic heterocycles. The maximum absolute atomic E-state index is 12.1. The van der Waals surface area contributed by atoms with E-state index in [4.69, 9.17) is 5.26 Å². The van der Waals surface area contributed by atoms with Gasteiger partial charge in [-0.15, -0.1) is 0 Å². The van der Waals surface area contributed by atoms with E-state index in [0.717, 1.165) is 0 Å². The summed E-state index contributed by atoms with van der Waals surface area (Å²) in [7, 11) is 0. The number of amides is 1. The molecular weight excluding hydrogens is 212 g/mol. The van der Waals surface area contributed by atoms with E-state index in [-0.39, 0.29) is 18.5 Å². The van der Waals surface area contributed by atoms with Crippen LogP contribution < -0.4 is 0 Å². The number of nitrogens with zero attached hydrogens (tertiary/aromatic N) is 2. The van der Waals surface area contributed by atoms with Crippen molar-refractivity contribution >= 4 is 5.91 Å². The highest BCUT2D eigenvalue weighted by Crippen LogP contribution is 2.26. The summed E-state index contributed by atoms with van der Waals surface area (Å²) in [5.41, 5.74) is 0. The summed E-state index contributed by atoms with van der Waals surface area (Å²) in [6.45, 7) is 4.17. The van der Waals surface area contributed by atoms with Crippen LogP contribution in [0.2, 0.25) is 0 Å². The quantitative estimate of drug-likeness (QED) is 0.556. The number of nitriles is 1. The molecule has 1 aliphatic carbocycles. The van der Waals surface area contributed by atoms with E-state index in [2.05, 4.69) is 6.07 Å². The number of rotatable bonds is 4. The van der Waals surface area contributed by atoms with Crippen LogP contribution >= 0.6 is 0 Å². The normalized spacial score (nSPS) is 17.5. The maximum Gasteiger partial charge on any atom is 0.223 e. The zero-order chi connectivity index (χ0) is 12.7. The van der Waals surface area contributed by atoms with Crippen LogP contribution in [0.4, 0.5) is 0 Å². The van der Waals surface area contributed by atoms with Crippen molar-refractivity contribution < 1.29 is 4.79 Å². The standard InChI is InChI=1S/C14H24N2O/c1-12(2)16(10-9-15)14(17)11-13-7-5-3-4-6-8-13/h12-13H,3-8,10-11H2,1-2H3. The van der Waals surface area contributed by atoms with Crippen LogP contribution in [0.1, 0.15) is 58.8 Å². The first-order valence-electron chi connectivity index (χ1n) is 6.81. The predicted octanol–water partition coefficient (Wildman–Crippen LogP) is 3.11. The van der Waals surface area contributed by atoms with Crippen LogP contribution in [-0.4, -0.2) is 23.4 Å². The molecule has 1 aliphatic rings. The van der Waals surface area contributed by atoms with Gasteiger partial charge in [-0.1, -0.05) is 25.7 Å². The number of carbonyl (C=O) groups is 1. The Morgan fingerprint density at radius 2 is 1.88 bits per heavy atom. The van der Waals surface area contributed by atoms with Gasteiger partial charge in [-0.3, -0.25) is 4.79 Å². The lowest BCUT2D eigenvalue weighted by atomic mass is 9.96. The van der Waals surface area contributed by atoms with Gasteiger partial charge in [0.05, 0.1) is 6.07 Å². The van der Waals surface area contributed by atoms with Gasteiger partial charge in [-0.25, -0.2) is 0 Å². The molecule has 0 atom stereocenters. The average molecular weight is 236 g/mol. The van der Waals surface area contributed by atoms with Crippen molar-refractivity contribution in [3.63, 3.8) is 0 Å². The van der Waals surface area contributed by atoms with Crippen LogP contribution in [-0.2, 0) is 4.79 Å². The van der Waals surface area contributed by atoms with Crippen LogP contribution in [0.15, 0.2) is 0 Å². The Kier molecular flexibility index (Phi) is 6.04. The third-order valence-electron chi connectivity index (χ3n) is 3.62. The van der Waals surface area contributed by atoms with E-state index in [1.165, 1.54) is 38.5 Å². The second kappa shape index (κ2) is 7.32. The van der Waals surface area contributed by atoms with Gasteiger partial charge in [0.2, 0.25) is 5.91 Å². The Balaban J connectivity index is 2.47. The Morgan fingerprint density at radius 1 is 1.29 bits per heavy atom. The minimum Gasteiger partial charge on any atom is -0.327 e. The predicted molar refractivity (Wildman–Crippen MR) is 68.3 cm³/mol. The molecule has 1 rings (SSSR count). The van der Waals surface area contributed by atoms with Crippen LogP contribution in [0.5, 0.6) is 0 Å². The molecule has 0 aromatic rings. The zero-order valence-electron chi connectivity index (χ0n) is 11.1. The zero-order valence-corrected chi connectivity index (χ0v) is 11.1. The van der Waals surface area contributed by atoms with E-state index >= 15 is 0 Å². The molecule has 1 saturated carbocycles. The summed E-state index contributed by atoms with van der Waals surface area (Å²) in [4.78, 5) is 13.8. The second-order valence-electron chi connectivity index (χ2n) is 5.34. The summed E-state index contributed by atoms with van der Waals surface area (Å²) >= 11 is 0. The first kappa shape index (κ1) is 14.0. The van der Waals surface area contributed by atoms with Crippen molar-refractivity contribution in [2.24, 2.45) is 5.92 Å². The van der Waals surface area contributed by atoms with E-state index in [9.17, 15) is 4.79 Å². The van der Waals surface area contributed by atoms with Gasteiger partial charge in [0.15, 0.2) is 0 Å². The summed E-state index contributed by atoms with van der Waals surface area (Å²) < 4.78 is 0. The highest BCUT2D eigenvalue weighted by molar-refractivity contribution is 5.77. The Hall–Kier alpha value is -1.04. The molecule has 0 saturated heterocycles. The molecule has 96 valence electrons. The third-order valence-corrected chi connectivity index (χ3v) is 3.62. The van der Waals surface area contributed by atoms with E-state index in [1.54, 1.807) is 4.90 Å². The van der Waals surface area contributed by atoms with Gasteiger partial charge in [-0.2, -0.15) is 5.26 Å². The lowest BCUT2D eigenvalue weighted by Gasteiger charge is -2.26. The first-order valence-corrected chi connectivity index (χ1v) is 6.81. The molecule has 3 heteroatoms. The van der Waals surface area contributed by atoms with Crippen LogP contribution in [0.3, 0.4) is 0 Å². The fourth-order valence-electron chi connectivity index (χ4n) is 2.57. The Morgan fingerprint density at radius 3 is 2.35 bits per heavy atom. The largest absolute Gasteiger partial charge is 0.327 e. The highest BCUT2D eigenvalue weighted by atomic mass is 16.2. The summed E-state index contributed by atoms with van der Waals surface area (Å²) in [6.07, 6.45) is 8.16. The summed E-state index contributed by atoms with van der Waals surface area (Å²) in [6, 6.07) is 2.22. The molecule has 3 nitrogen and oxygen atoms in total. The first-order chi connectivity index (χ1) is 8.15. The van der Waals surface area contributed by atoms with E-state index < -0.39 is 0 Å². The molecule has 0 N–H and O–H groups in total. The molecule has 0 bridgehead atoms. The topological polar surface area (TPSA) is 44.1 Å². The summed E-state index contributed by atoms with van der Waals surface area (Å²) in [5.74, 6) is 0.707. The summed E-state index contributed by atoms with van der Waals surface area (Å²) in [5, 5.41) is 8.74. The smallest absolute Gasteiger partial charge is 0.223 e. The molecule has 1 fully saturated rings.